The van der Waals surface area contributed by atoms with Crippen LogP contribution in [0.15, 0.2) is 0 Å². The number of ether oxygens (including phenoxy) is 1. The molecule has 0 unspecified atom stereocenters. The van der Waals surface area contributed by atoms with Crippen molar-refractivity contribution in [3.63, 3.8) is 0 Å². The van der Waals surface area contributed by atoms with Crippen LogP contribution >= 0.6 is 0 Å². The molecular formula is C5H3F9O. The van der Waals surface area contributed by atoms with Crippen LogP contribution in [0.1, 0.15) is 0 Å². The normalized spacial score (nSPS) is 14.8. The Labute approximate surface area is 76.8 Å². The third kappa shape index (κ3) is 3.14. The smallest absolute Gasteiger partial charge is 0.319 e. The molecule has 0 aliphatic carbocycles. The fraction of sp³-hybridized carbons (Fsp3) is 1.00. The molecule has 0 saturated heterocycles. The molecule has 0 aliphatic rings. The van der Waals surface area contributed by atoms with E-state index in [0.717, 1.165) is 0 Å². The van der Waals surface area contributed by atoms with E-state index < -0.39 is 31.2 Å². The molecule has 0 bridgehead atoms. The number of rotatable bonds is 3. The monoisotopic (exact) mass is 250 g/mol. The van der Waals surface area contributed by atoms with Crippen molar-refractivity contribution >= 4 is 0 Å². The molecule has 0 spiro atoms. The first-order chi connectivity index (χ1) is 6.42. The Balaban J connectivity index is 4.90. The fourth-order valence-electron chi connectivity index (χ4n) is 0.502. The van der Waals surface area contributed by atoms with Crippen molar-refractivity contribution in [2.45, 2.75) is 24.6 Å². The van der Waals surface area contributed by atoms with Crippen LogP contribution in [0.3, 0.4) is 0 Å². The van der Waals surface area contributed by atoms with Gasteiger partial charge in [0.2, 0.25) is 0 Å². The molecule has 0 N–H and O–H groups in total. The Morgan fingerprint density at radius 2 is 1.13 bits per heavy atom. The van der Waals surface area contributed by atoms with Gasteiger partial charge in [-0.25, -0.2) is 4.39 Å². The van der Waals surface area contributed by atoms with Gasteiger partial charge in [0.25, 0.3) is 0 Å². The molecule has 92 valence electrons. The first-order valence-electron chi connectivity index (χ1n) is 3.14. The van der Waals surface area contributed by atoms with Gasteiger partial charge in [0.1, 0.15) is 6.61 Å². The molecule has 0 amide bonds. The van der Waals surface area contributed by atoms with Crippen molar-refractivity contribution < 1.29 is 44.3 Å². The third-order valence-electron chi connectivity index (χ3n) is 1.31. The third-order valence-corrected chi connectivity index (χ3v) is 1.31. The minimum Gasteiger partial charge on any atom is -0.319 e. The van der Waals surface area contributed by atoms with Gasteiger partial charge in [-0.3, -0.25) is 0 Å². The van der Waals surface area contributed by atoms with E-state index in [1.165, 1.54) is 0 Å². The summed E-state index contributed by atoms with van der Waals surface area (Å²) < 4.78 is 107. The molecule has 0 aromatic carbocycles. The molecule has 10 heteroatoms. The minimum atomic E-state index is -6.37. The Morgan fingerprint density at radius 1 is 0.800 bits per heavy atom. The van der Waals surface area contributed by atoms with Crippen LogP contribution < -0.4 is 0 Å². The van der Waals surface area contributed by atoms with Crippen LogP contribution in [-0.2, 0) is 4.74 Å². The molecule has 0 aromatic rings. The summed E-state index contributed by atoms with van der Waals surface area (Å²) in [7, 11) is 0. The highest BCUT2D eigenvalue weighted by Gasteiger charge is 2.73. The highest BCUT2D eigenvalue weighted by molar-refractivity contribution is 4.94. The van der Waals surface area contributed by atoms with Gasteiger partial charge < -0.3 is 4.74 Å². The van der Waals surface area contributed by atoms with Crippen molar-refractivity contribution in [3.05, 3.63) is 0 Å². The highest BCUT2D eigenvalue weighted by Crippen LogP contribution is 2.46. The summed E-state index contributed by atoms with van der Waals surface area (Å²) in [4.78, 5) is 0. The van der Waals surface area contributed by atoms with E-state index in [4.69, 9.17) is 0 Å². The summed E-state index contributed by atoms with van der Waals surface area (Å²) in [5.41, 5.74) is -5.80. The predicted octanol–water partition coefficient (Wildman–Crippen LogP) is 3.06. The first-order valence-corrected chi connectivity index (χ1v) is 3.14. The zero-order valence-corrected chi connectivity index (χ0v) is 6.59. The Kier molecular flexibility index (Phi) is 3.88. The Morgan fingerprint density at radius 3 is 1.33 bits per heavy atom. The van der Waals surface area contributed by atoms with Gasteiger partial charge in [-0.15, -0.1) is 0 Å². The van der Waals surface area contributed by atoms with Gasteiger partial charge in [-0.1, -0.05) is 0 Å². The van der Waals surface area contributed by atoms with Crippen LogP contribution in [-0.4, -0.2) is 31.2 Å². The van der Waals surface area contributed by atoms with E-state index in [9.17, 15) is 39.5 Å². The Hall–Kier alpha value is -0.670. The summed E-state index contributed by atoms with van der Waals surface area (Å²) in [6.45, 7) is -6.76. The van der Waals surface area contributed by atoms with Crippen LogP contribution in [0.5, 0.6) is 0 Å². The summed E-state index contributed by atoms with van der Waals surface area (Å²) in [5.74, 6) is 0. The lowest BCUT2D eigenvalue weighted by Crippen LogP contribution is -2.56. The van der Waals surface area contributed by atoms with Crippen LogP contribution in [0.25, 0.3) is 0 Å². The lowest BCUT2D eigenvalue weighted by Gasteiger charge is -2.29. The summed E-state index contributed by atoms with van der Waals surface area (Å²) in [6.07, 6.45) is -12.7. The zero-order valence-electron chi connectivity index (χ0n) is 6.59. The highest BCUT2D eigenvalue weighted by atomic mass is 19.4. The standard InChI is InChI=1S/C5H3F9O/c6-2(7)15-1-3(8,4(9,10)11)5(12,13)14/h2H,1H2. The zero-order chi connectivity index (χ0) is 12.5. The van der Waals surface area contributed by atoms with Gasteiger partial charge in [0.15, 0.2) is 0 Å². The maximum absolute atomic E-state index is 12.5. The average Bonchev–Trinajstić information content (AvgIpc) is 1.95. The van der Waals surface area contributed by atoms with Gasteiger partial charge in [0, 0.05) is 0 Å². The van der Waals surface area contributed by atoms with Crippen LogP contribution in [0.2, 0.25) is 0 Å². The lowest BCUT2D eigenvalue weighted by molar-refractivity contribution is -0.359. The molecule has 0 fully saturated rings. The molecule has 0 rings (SSSR count). The predicted molar refractivity (Wildman–Crippen MR) is 27.9 cm³/mol. The number of hydrogen-bond acceptors (Lipinski definition) is 1. The van der Waals surface area contributed by atoms with E-state index >= 15 is 0 Å². The molecule has 0 heterocycles. The van der Waals surface area contributed by atoms with Crippen molar-refractivity contribution in [3.8, 4) is 0 Å². The van der Waals surface area contributed by atoms with Gasteiger partial charge in [-0.05, 0) is 0 Å². The van der Waals surface area contributed by atoms with Gasteiger partial charge in [-0.2, -0.15) is 35.1 Å². The number of alkyl halides is 9. The van der Waals surface area contributed by atoms with E-state index in [0.29, 0.717) is 0 Å². The van der Waals surface area contributed by atoms with Gasteiger partial charge >= 0.3 is 24.6 Å². The van der Waals surface area contributed by atoms with Crippen LogP contribution in [0.4, 0.5) is 39.5 Å². The summed E-state index contributed by atoms with van der Waals surface area (Å²) >= 11 is 0. The van der Waals surface area contributed by atoms with Gasteiger partial charge in [0.05, 0.1) is 0 Å². The van der Waals surface area contributed by atoms with Crippen molar-refractivity contribution in [1.29, 1.82) is 0 Å². The van der Waals surface area contributed by atoms with Crippen LogP contribution in [0, 0.1) is 0 Å². The first kappa shape index (κ1) is 14.3. The maximum Gasteiger partial charge on any atom is 0.433 e. The van der Waals surface area contributed by atoms with Crippen molar-refractivity contribution in [2.75, 3.05) is 6.61 Å². The number of hydrogen-bond donors (Lipinski definition) is 0. The molecule has 0 saturated carbocycles. The van der Waals surface area contributed by atoms with Crippen molar-refractivity contribution in [1.82, 2.24) is 0 Å². The van der Waals surface area contributed by atoms with E-state index in [-0.39, 0.29) is 0 Å². The second kappa shape index (κ2) is 4.06. The Bertz CT molecular complexity index is 190. The molecule has 0 atom stereocenters. The van der Waals surface area contributed by atoms with Crippen molar-refractivity contribution in [2.24, 2.45) is 0 Å². The minimum absolute atomic E-state index is 2.71. The molecule has 1 nitrogen and oxygen atoms in total. The topological polar surface area (TPSA) is 9.23 Å². The second-order valence-electron chi connectivity index (χ2n) is 2.37. The second-order valence-corrected chi connectivity index (χ2v) is 2.37. The SMILES string of the molecule is FC(F)OCC(F)(C(F)(F)F)C(F)(F)F. The quantitative estimate of drug-likeness (QED) is 0.699. The van der Waals surface area contributed by atoms with E-state index in [1.54, 1.807) is 0 Å². The molecule has 0 aromatic heterocycles. The van der Waals surface area contributed by atoms with E-state index in [1.807, 2.05) is 0 Å². The van der Waals surface area contributed by atoms with E-state index in [2.05, 4.69) is 4.74 Å². The lowest BCUT2D eigenvalue weighted by atomic mass is 10.1. The largest absolute Gasteiger partial charge is 0.433 e. The maximum atomic E-state index is 12.5. The molecule has 15 heavy (non-hydrogen) atoms. The number of halogens is 9. The molecule has 0 aliphatic heterocycles. The fourth-order valence-corrected chi connectivity index (χ4v) is 0.502. The molecular weight excluding hydrogens is 247 g/mol. The summed E-state index contributed by atoms with van der Waals surface area (Å²) in [6, 6.07) is 0. The average molecular weight is 250 g/mol. The summed E-state index contributed by atoms with van der Waals surface area (Å²) in [5, 5.41) is 0. The molecule has 0 radical (unpaired) electrons.